The smallest absolute Gasteiger partial charge is 0.215 e. The number of para-hydroxylation sites is 3. The Kier molecular flexibility index (Phi) is 8.75. The molecule has 0 amide bonds. The largest absolute Gasteiger partial charge is 0.313 e. The summed E-state index contributed by atoms with van der Waals surface area (Å²) >= 11 is 0. The lowest BCUT2D eigenvalue weighted by Crippen LogP contribution is -2.28. The van der Waals surface area contributed by atoms with Gasteiger partial charge in [-0.15, -0.1) is 0 Å². The first-order valence-electron chi connectivity index (χ1n) is 21.7. The summed E-state index contributed by atoms with van der Waals surface area (Å²) in [6.07, 6.45) is 6.68. The van der Waals surface area contributed by atoms with Crippen molar-refractivity contribution in [2.24, 2.45) is 7.05 Å². The lowest BCUT2D eigenvalue weighted by molar-refractivity contribution is 0.490. The summed E-state index contributed by atoms with van der Waals surface area (Å²) in [4.78, 5) is 7.50. The number of benzene rings is 8. The maximum absolute atomic E-state index is 5.19. The number of aryl methyl sites for hydroxylation is 1. The molecule has 2 aliphatic carbocycles. The summed E-state index contributed by atoms with van der Waals surface area (Å²) in [5.41, 5.74) is 19.5. The number of fused-ring (bicyclic) bond motifs is 7. The molecule has 0 fully saturated rings. The molecular weight excluding hydrogens is 739 g/mol. The molecule has 0 saturated carbocycles. The van der Waals surface area contributed by atoms with Gasteiger partial charge in [0.1, 0.15) is 0 Å². The SMILES string of the molecule is CCC1(CC)c2cc(/C=C/c3cccc4c3-c3ccccc3C4(c3ccccc3)c3ccccc3)ccc2-c2ccc(N(c3ccccc3)c3nc4ccccc4n3C)cc21. The minimum Gasteiger partial charge on any atom is -0.313 e. The Bertz CT molecular complexity index is 3080. The van der Waals surface area contributed by atoms with Crippen LogP contribution in [-0.2, 0) is 17.9 Å². The Labute approximate surface area is 358 Å². The average Bonchev–Trinajstić information content (AvgIpc) is 3.92. The molecule has 0 radical (unpaired) electrons. The van der Waals surface area contributed by atoms with E-state index >= 15 is 0 Å². The first-order valence-corrected chi connectivity index (χ1v) is 21.7. The molecule has 0 N–H and O–H groups in total. The number of hydrogen-bond acceptors (Lipinski definition) is 2. The van der Waals surface area contributed by atoms with Crippen LogP contribution in [-0.4, -0.2) is 9.55 Å². The molecular formula is C58H47N3. The lowest BCUT2D eigenvalue weighted by atomic mass is 9.67. The minimum atomic E-state index is -0.418. The Balaban J connectivity index is 1.01. The van der Waals surface area contributed by atoms with Gasteiger partial charge in [-0.1, -0.05) is 184 Å². The molecule has 61 heavy (non-hydrogen) atoms. The van der Waals surface area contributed by atoms with E-state index in [-0.39, 0.29) is 5.41 Å². The van der Waals surface area contributed by atoms with Gasteiger partial charge < -0.3 is 4.57 Å². The van der Waals surface area contributed by atoms with Gasteiger partial charge in [0.25, 0.3) is 0 Å². The van der Waals surface area contributed by atoms with E-state index in [1.807, 2.05) is 0 Å². The summed E-state index contributed by atoms with van der Waals surface area (Å²) in [5.74, 6) is 0.897. The molecule has 9 aromatic rings. The maximum atomic E-state index is 5.19. The van der Waals surface area contributed by atoms with Crippen molar-refractivity contribution in [2.75, 3.05) is 4.90 Å². The van der Waals surface area contributed by atoms with Crippen molar-refractivity contribution < 1.29 is 0 Å². The molecule has 0 atom stereocenters. The zero-order valence-electron chi connectivity index (χ0n) is 34.9. The Morgan fingerprint density at radius 3 is 1.82 bits per heavy atom. The zero-order chi connectivity index (χ0) is 41.1. The van der Waals surface area contributed by atoms with E-state index in [0.29, 0.717) is 0 Å². The second-order valence-corrected chi connectivity index (χ2v) is 16.6. The van der Waals surface area contributed by atoms with Crippen LogP contribution in [0.5, 0.6) is 0 Å². The fourth-order valence-corrected chi connectivity index (χ4v) is 10.9. The van der Waals surface area contributed by atoms with Gasteiger partial charge >= 0.3 is 0 Å². The Hall–Kier alpha value is -7.23. The summed E-state index contributed by atoms with van der Waals surface area (Å²) in [7, 11) is 2.12. The molecule has 0 saturated heterocycles. The van der Waals surface area contributed by atoms with Crippen LogP contribution >= 0.6 is 0 Å². The van der Waals surface area contributed by atoms with E-state index in [4.69, 9.17) is 4.98 Å². The van der Waals surface area contributed by atoms with Gasteiger partial charge in [0.05, 0.1) is 16.4 Å². The summed E-state index contributed by atoms with van der Waals surface area (Å²) in [6, 6.07) is 71.2. The third-order valence-corrected chi connectivity index (χ3v) is 13.8. The van der Waals surface area contributed by atoms with Crippen molar-refractivity contribution in [2.45, 2.75) is 37.5 Å². The number of nitrogens with zero attached hydrogens (tertiary/aromatic N) is 3. The molecule has 3 nitrogen and oxygen atoms in total. The van der Waals surface area contributed by atoms with Gasteiger partial charge in [-0.2, -0.15) is 0 Å². The molecule has 0 spiro atoms. The van der Waals surface area contributed by atoms with Crippen molar-refractivity contribution >= 4 is 40.5 Å². The summed E-state index contributed by atoms with van der Waals surface area (Å²) in [5, 5.41) is 0. The van der Waals surface area contributed by atoms with E-state index in [1.54, 1.807) is 0 Å². The van der Waals surface area contributed by atoms with Crippen LogP contribution in [0.25, 0.3) is 45.4 Å². The van der Waals surface area contributed by atoms with Crippen LogP contribution in [0.2, 0.25) is 0 Å². The van der Waals surface area contributed by atoms with Crippen LogP contribution in [0.15, 0.2) is 194 Å². The fraction of sp³-hybridized carbons (Fsp3) is 0.121. The zero-order valence-corrected chi connectivity index (χ0v) is 34.9. The molecule has 0 unspecified atom stereocenters. The molecule has 294 valence electrons. The molecule has 1 aromatic heterocycles. The van der Waals surface area contributed by atoms with Gasteiger partial charge in [-0.05, 0) is 116 Å². The van der Waals surface area contributed by atoms with E-state index in [0.717, 1.165) is 41.2 Å². The first-order chi connectivity index (χ1) is 30.1. The molecule has 2 aliphatic rings. The van der Waals surface area contributed by atoms with Crippen LogP contribution in [0.4, 0.5) is 17.3 Å². The monoisotopic (exact) mass is 785 g/mol. The van der Waals surface area contributed by atoms with Gasteiger partial charge in [0, 0.05) is 23.8 Å². The van der Waals surface area contributed by atoms with Gasteiger partial charge in [0.2, 0.25) is 5.95 Å². The third kappa shape index (κ3) is 5.46. The van der Waals surface area contributed by atoms with Crippen LogP contribution in [0.1, 0.15) is 71.2 Å². The minimum absolute atomic E-state index is 0.128. The number of aromatic nitrogens is 2. The van der Waals surface area contributed by atoms with Gasteiger partial charge in [-0.25, -0.2) is 4.98 Å². The fourth-order valence-electron chi connectivity index (χ4n) is 10.9. The average molecular weight is 786 g/mol. The second kappa shape index (κ2) is 14.5. The molecule has 3 heteroatoms. The predicted molar refractivity (Wildman–Crippen MR) is 255 cm³/mol. The van der Waals surface area contributed by atoms with Gasteiger partial charge in [0.15, 0.2) is 0 Å². The Morgan fingerprint density at radius 1 is 0.508 bits per heavy atom. The van der Waals surface area contributed by atoms with E-state index < -0.39 is 5.41 Å². The quantitative estimate of drug-likeness (QED) is 0.136. The first kappa shape index (κ1) is 36.8. The maximum Gasteiger partial charge on any atom is 0.215 e. The van der Waals surface area contributed by atoms with E-state index in [1.165, 1.54) is 66.8 Å². The lowest BCUT2D eigenvalue weighted by Gasteiger charge is -2.33. The van der Waals surface area contributed by atoms with Crippen molar-refractivity contribution in [3.05, 3.63) is 239 Å². The third-order valence-electron chi connectivity index (χ3n) is 13.8. The summed E-state index contributed by atoms with van der Waals surface area (Å²) < 4.78 is 2.21. The highest BCUT2D eigenvalue weighted by Crippen LogP contribution is 2.58. The standard InChI is InChI=1S/C58H47N3/c1-4-57(5-2)51-38-40(32-34-41-20-19-29-50-55(41)48-27-15-16-28-49(48)58(50,42-21-9-6-10-22-42)43-23-11-7-12-24-43)33-36-46(51)47-37-35-45(39-52(47)57)61(44-25-13-8-14-26-44)56-59-53-30-17-18-31-54(53)60(56)3/h6-39H,4-5H2,1-3H3/b34-32+. The highest BCUT2D eigenvalue weighted by molar-refractivity contribution is 5.94. The van der Waals surface area contributed by atoms with Crippen LogP contribution < -0.4 is 4.90 Å². The second-order valence-electron chi connectivity index (χ2n) is 16.6. The molecule has 11 rings (SSSR count). The van der Waals surface area contributed by atoms with Crippen molar-refractivity contribution in [3.8, 4) is 22.3 Å². The van der Waals surface area contributed by atoms with Gasteiger partial charge in [-0.3, -0.25) is 4.90 Å². The molecule has 1 heterocycles. The highest BCUT2D eigenvalue weighted by Gasteiger charge is 2.46. The van der Waals surface area contributed by atoms with E-state index in [9.17, 15) is 0 Å². The number of hydrogen-bond donors (Lipinski definition) is 0. The molecule has 0 bridgehead atoms. The topological polar surface area (TPSA) is 21.1 Å². The van der Waals surface area contributed by atoms with Crippen LogP contribution in [0.3, 0.4) is 0 Å². The Morgan fingerprint density at radius 2 is 1.11 bits per heavy atom. The number of anilines is 3. The highest BCUT2D eigenvalue weighted by atomic mass is 15.3. The molecule has 8 aromatic carbocycles. The molecule has 0 aliphatic heterocycles. The van der Waals surface area contributed by atoms with Crippen molar-refractivity contribution in [1.82, 2.24) is 9.55 Å². The van der Waals surface area contributed by atoms with E-state index in [2.05, 4.69) is 237 Å². The summed E-state index contributed by atoms with van der Waals surface area (Å²) in [6.45, 7) is 4.71. The van der Waals surface area contributed by atoms with Crippen molar-refractivity contribution in [1.29, 1.82) is 0 Å². The number of imidazole rings is 1. The van der Waals surface area contributed by atoms with Crippen LogP contribution in [0, 0.1) is 0 Å². The normalized spacial score (nSPS) is 14.1. The van der Waals surface area contributed by atoms with Crippen molar-refractivity contribution in [3.63, 3.8) is 0 Å². The number of rotatable bonds is 9. The predicted octanol–water partition coefficient (Wildman–Crippen LogP) is 14.7.